The Morgan fingerprint density at radius 1 is 1.07 bits per heavy atom. The molecule has 2 aliphatic rings. The molecule has 0 bridgehead atoms. The number of carbonyl (C=O) groups is 1. The van der Waals surface area contributed by atoms with Crippen molar-refractivity contribution in [3.8, 4) is 5.75 Å². The highest BCUT2D eigenvalue weighted by Crippen LogP contribution is 2.44. The van der Waals surface area contributed by atoms with Gasteiger partial charge in [0.05, 0.1) is 7.11 Å². The van der Waals surface area contributed by atoms with E-state index in [4.69, 9.17) is 4.74 Å². The number of methoxy groups -OCH3 is 1. The predicted octanol–water partition coefficient (Wildman–Crippen LogP) is 4.18. The zero-order valence-corrected chi connectivity index (χ0v) is 18.4. The monoisotopic (exact) mass is 478 g/mol. The lowest BCUT2D eigenvalue weighted by Crippen LogP contribution is -2.38. The van der Waals surface area contributed by atoms with Crippen molar-refractivity contribution in [2.45, 2.75) is 36.6 Å². The lowest BCUT2D eigenvalue weighted by Gasteiger charge is -2.18. The summed E-state index contributed by atoms with van der Waals surface area (Å²) in [6, 6.07) is 11.5. The molecule has 2 fully saturated rings. The van der Waals surface area contributed by atoms with Crippen LogP contribution in [-0.4, -0.2) is 27.5 Å². The fourth-order valence-electron chi connectivity index (χ4n) is 3.52. The van der Waals surface area contributed by atoms with E-state index in [1.165, 1.54) is 19.2 Å². The van der Waals surface area contributed by atoms with Crippen molar-refractivity contribution in [2.24, 2.45) is 11.8 Å². The molecule has 2 aromatic rings. The highest BCUT2D eigenvalue weighted by atomic mass is 79.9. The summed E-state index contributed by atoms with van der Waals surface area (Å²) in [5.41, 5.74) is 0.737. The summed E-state index contributed by atoms with van der Waals surface area (Å²) in [5, 5.41) is 3.13. The number of hydrogen-bond donors (Lipinski definition) is 2. The molecule has 0 spiro atoms. The lowest BCUT2D eigenvalue weighted by molar-refractivity contribution is 0.0926. The van der Waals surface area contributed by atoms with Gasteiger partial charge in [0.15, 0.2) is 0 Å². The van der Waals surface area contributed by atoms with E-state index in [1.54, 1.807) is 30.3 Å². The molecule has 0 unspecified atom stereocenters. The fourth-order valence-corrected chi connectivity index (χ4v) is 5.04. The van der Waals surface area contributed by atoms with Gasteiger partial charge in [-0.2, -0.15) is 0 Å². The number of benzene rings is 2. The van der Waals surface area contributed by atoms with Crippen LogP contribution in [0.5, 0.6) is 5.75 Å². The molecule has 154 valence electrons. The van der Waals surface area contributed by atoms with Gasteiger partial charge in [-0.15, -0.1) is 0 Å². The van der Waals surface area contributed by atoms with Crippen molar-refractivity contribution in [1.29, 1.82) is 0 Å². The highest BCUT2D eigenvalue weighted by Gasteiger charge is 2.42. The van der Waals surface area contributed by atoms with Gasteiger partial charge < -0.3 is 10.1 Å². The molecule has 0 saturated heterocycles. The zero-order valence-electron chi connectivity index (χ0n) is 16.0. The molecule has 8 heteroatoms. The van der Waals surface area contributed by atoms with Gasteiger partial charge in [0.25, 0.3) is 15.9 Å². The first-order valence-electron chi connectivity index (χ1n) is 9.64. The molecular weight excluding hydrogens is 456 g/mol. The number of halogens is 1. The van der Waals surface area contributed by atoms with Gasteiger partial charge in [-0.25, -0.2) is 8.42 Å². The Kier molecular flexibility index (Phi) is 5.57. The van der Waals surface area contributed by atoms with Crippen LogP contribution in [0.1, 0.15) is 36.0 Å². The van der Waals surface area contributed by atoms with E-state index in [1.807, 2.05) is 0 Å². The van der Waals surface area contributed by atoms with Gasteiger partial charge in [0.1, 0.15) is 10.6 Å². The largest absolute Gasteiger partial charge is 0.495 e. The van der Waals surface area contributed by atoms with Gasteiger partial charge in [-0.05, 0) is 80.0 Å². The third-order valence-electron chi connectivity index (χ3n) is 5.37. The second-order valence-corrected chi connectivity index (χ2v) is 10.2. The van der Waals surface area contributed by atoms with Crippen LogP contribution in [0.4, 0.5) is 5.69 Å². The molecule has 0 radical (unpaired) electrons. The second kappa shape index (κ2) is 7.99. The number of ether oxygens (including phenoxy) is 1. The number of hydrogen-bond acceptors (Lipinski definition) is 4. The predicted molar refractivity (Wildman–Crippen MR) is 115 cm³/mol. The van der Waals surface area contributed by atoms with Crippen LogP contribution in [0.2, 0.25) is 0 Å². The number of sulfonamides is 1. The Labute approximate surface area is 179 Å². The molecule has 29 heavy (non-hydrogen) atoms. The molecule has 2 N–H and O–H groups in total. The first-order valence-corrected chi connectivity index (χ1v) is 11.9. The minimum atomic E-state index is -3.93. The number of anilines is 1. The highest BCUT2D eigenvalue weighted by molar-refractivity contribution is 9.10. The standard InChI is InChI=1S/C21H23BrN2O4S/c1-28-18-11-6-15(21(25)23-20(13-2-3-13)14-4-5-14)12-19(18)29(26,27)24-17-9-7-16(22)8-10-17/h6-14,20,24H,2-5H2,1H3,(H,23,25). The summed E-state index contributed by atoms with van der Waals surface area (Å²) in [6.45, 7) is 0. The first kappa shape index (κ1) is 20.2. The van der Waals surface area contributed by atoms with Crippen LogP contribution < -0.4 is 14.8 Å². The van der Waals surface area contributed by atoms with Crippen molar-refractivity contribution < 1.29 is 17.9 Å². The number of rotatable bonds is 8. The van der Waals surface area contributed by atoms with Gasteiger partial charge in [0, 0.05) is 21.8 Å². The number of amides is 1. The lowest BCUT2D eigenvalue weighted by atomic mass is 10.1. The van der Waals surface area contributed by atoms with Crippen molar-refractivity contribution >= 4 is 37.5 Å². The molecule has 0 aromatic heterocycles. The van der Waals surface area contributed by atoms with Gasteiger partial charge in [-0.1, -0.05) is 15.9 Å². The molecule has 4 rings (SSSR count). The van der Waals surface area contributed by atoms with Crippen LogP contribution in [0.15, 0.2) is 51.8 Å². The Morgan fingerprint density at radius 3 is 2.24 bits per heavy atom. The zero-order chi connectivity index (χ0) is 20.6. The summed E-state index contributed by atoms with van der Waals surface area (Å²) in [6.07, 6.45) is 4.61. The van der Waals surface area contributed by atoms with E-state index >= 15 is 0 Å². The van der Waals surface area contributed by atoms with Crippen LogP contribution in [0.25, 0.3) is 0 Å². The summed E-state index contributed by atoms with van der Waals surface area (Å²) in [7, 11) is -2.53. The molecule has 2 aliphatic carbocycles. The van der Waals surface area contributed by atoms with Crippen LogP contribution in [0, 0.1) is 11.8 Å². The second-order valence-electron chi connectivity index (χ2n) is 7.65. The Bertz CT molecular complexity index is 1000. The first-order chi connectivity index (χ1) is 13.9. The summed E-state index contributed by atoms with van der Waals surface area (Å²) in [5.74, 6) is 1.07. The summed E-state index contributed by atoms with van der Waals surface area (Å²) < 4.78 is 34.6. The van der Waals surface area contributed by atoms with E-state index in [-0.39, 0.29) is 22.6 Å². The van der Waals surface area contributed by atoms with Crippen LogP contribution >= 0.6 is 15.9 Å². The Hall–Kier alpha value is -2.06. The van der Waals surface area contributed by atoms with E-state index in [9.17, 15) is 13.2 Å². The third-order valence-corrected chi connectivity index (χ3v) is 7.30. The minimum Gasteiger partial charge on any atom is -0.495 e. The Balaban J connectivity index is 1.58. The van der Waals surface area contributed by atoms with Crippen LogP contribution in [-0.2, 0) is 10.0 Å². The van der Waals surface area contributed by atoms with E-state index in [0.29, 0.717) is 23.1 Å². The number of nitrogens with one attached hydrogen (secondary N) is 2. The summed E-state index contributed by atoms with van der Waals surface area (Å²) in [4.78, 5) is 12.8. The molecule has 6 nitrogen and oxygen atoms in total. The minimum absolute atomic E-state index is 0.0648. The molecule has 0 atom stereocenters. The maximum Gasteiger partial charge on any atom is 0.265 e. The van der Waals surface area contributed by atoms with Crippen molar-refractivity contribution in [2.75, 3.05) is 11.8 Å². The molecule has 0 heterocycles. The van der Waals surface area contributed by atoms with Gasteiger partial charge in [-0.3, -0.25) is 9.52 Å². The molecular formula is C21H23BrN2O4S. The Morgan fingerprint density at radius 2 is 1.69 bits per heavy atom. The third kappa shape index (κ3) is 4.75. The average Bonchev–Trinajstić information content (AvgIpc) is 3.61. The maximum atomic E-state index is 13.0. The van der Waals surface area contributed by atoms with E-state index in [2.05, 4.69) is 26.0 Å². The smallest absolute Gasteiger partial charge is 0.265 e. The molecule has 0 aliphatic heterocycles. The van der Waals surface area contributed by atoms with Crippen molar-refractivity contribution in [1.82, 2.24) is 5.32 Å². The normalized spacial score (nSPS) is 16.5. The summed E-state index contributed by atoms with van der Waals surface area (Å²) >= 11 is 3.33. The maximum absolute atomic E-state index is 13.0. The SMILES string of the molecule is COc1ccc(C(=O)NC(C2CC2)C2CC2)cc1S(=O)(=O)Nc1ccc(Br)cc1. The fraction of sp³-hybridized carbons (Fsp3) is 0.381. The van der Waals surface area contributed by atoms with Gasteiger partial charge >= 0.3 is 0 Å². The molecule has 2 aromatic carbocycles. The quantitative estimate of drug-likeness (QED) is 0.595. The molecule has 2 saturated carbocycles. The van der Waals surface area contributed by atoms with Crippen molar-refractivity contribution in [3.63, 3.8) is 0 Å². The van der Waals surface area contributed by atoms with E-state index < -0.39 is 10.0 Å². The van der Waals surface area contributed by atoms with Crippen molar-refractivity contribution in [3.05, 3.63) is 52.5 Å². The average molecular weight is 479 g/mol. The molecule has 1 amide bonds. The number of carbonyl (C=O) groups excluding carboxylic acids is 1. The van der Waals surface area contributed by atoms with E-state index in [0.717, 1.165) is 30.2 Å². The topological polar surface area (TPSA) is 84.5 Å². The van der Waals surface area contributed by atoms with Gasteiger partial charge in [0.2, 0.25) is 0 Å². The van der Waals surface area contributed by atoms with Crippen LogP contribution in [0.3, 0.4) is 0 Å².